The van der Waals surface area contributed by atoms with Crippen LogP contribution in [-0.2, 0) is 24.3 Å². The number of aromatic nitrogens is 2. The van der Waals surface area contributed by atoms with Crippen molar-refractivity contribution in [2.75, 3.05) is 14.2 Å². The van der Waals surface area contributed by atoms with Gasteiger partial charge in [-0.05, 0) is 42.5 Å². The standard InChI is InChI=1S/C27H24N2O6/c1-34-21-13-11-18(12-14-21)24(31)17-28-23-9-5-4-8-22(23)26(32)29(27(28)33)16-20(30)15-19-7-3-6-10-25(19)35-2/h3-14H,15-17H2,1-2H3. The minimum atomic E-state index is -0.719. The Morgan fingerprint density at radius 3 is 2.17 bits per heavy atom. The van der Waals surface area contributed by atoms with Gasteiger partial charge in [-0.1, -0.05) is 30.3 Å². The summed E-state index contributed by atoms with van der Waals surface area (Å²) in [4.78, 5) is 52.3. The van der Waals surface area contributed by atoms with Crippen LogP contribution >= 0.6 is 0 Å². The number of fused-ring (bicyclic) bond motifs is 1. The van der Waals surface area contributed by atoms with Gasteiger partial charge in [0.2, 0.25) is 0 Å². The van der Waals surface area contributed by atoms with Crippen LogP contribution in [0.15, 0.2) is 82.4 Å². The average Bonchev–Trinajstić information content (AvgIpc) is 2.89. The maximum atomic E-state index is 13.4. The number of Topliss-reactive ketones (excluding diaryl/α,β-unsaturated/α-hetero) is 2. The molecule has 178 valence electrons. The van der Waals surface area contributed by atoms with E-state index in [1.54, 1.807) is 72.8 Å². The zero-order valence-electron chi connectivity index (χ0n) is 19.4. The summed E-state index contributed by atoms with van der Waals surface area (Å²) in [5.74, 6) is 0.503. The smallest absolute Gasteiger partial charge is 0.332 e. The summed E-state index contributed by atoms with van der Waals surface area (Å²) in [5, 5.41) is 0.250. The first-order chi connectivity index (χ1) is 16.9. The highest BCUT2D eigenvalue weighted by Gasteiger charge is 2.18. The summed E-state index contributed by atoms with van der Waals surface area (Å²) >= 11 is 0. The van der Waals surface area contributed by atoms with E-state index < -0.39 is 17.8 Å². The van der Waals surface area contributed by atoms with Crippen LogP contribution in [0.25, 0.3) is 10.9 Å². The third kappa shape index (κ3) is 4.91. The molecule has 0 aliphatic carbocycles. The lowest BCUT2D eigenvalue weighted by Gasteiger charge is -2.14. The van der Waals surface area contributed by atoms with Crippen LogP contribution in [0.1, 0.15) is 15.9 Å². The van der Waals surface area contributed by atoms with E-state index >= 15 is 0 Å². The molecule has 0 saturated carbocycles. The molecule has 0 saturated heterocycles. The number of nitrogens with zero attached hydrogens (tertiary/aromatic N) is 2. The Morgan fingerprint density at radius 1 is 0.771 bits per heavy atom. The van der Waals surface area contributed by atoms with Gasteiger partial charge < -0.3 is 9.47 Å². The number of carbonyl (C=O) groups excluding carboxylic acids is 2. The van der Waals surface area contributed by atoms with E-state index in [2.05, 4.69) is 0 Å². The number of methoxy groups -OCH3 is 2. The van der Waals surface area contributed by atoms with Crippen molar-refractivity contribution in [3.05, 3.63) is 105 Å². The van der Waals surface area contributed by atoms with Gasteiger partial charge in [-0.15, -0.1) is 0 Å². The molecular weight excluding hydrogens is 448 g/mol. The van der Waals surface area contributed by atoms with Crippen LogP contribution in [0.5, 0.6) is 11.5 Å². The number of carbonyl (C=O) groups is 2. The van der Waals surface area contributed by atoms with Crippen molar-refractivity contribution in [3.8, 4) is 11.5 Å². The largest absolute Gasteiger partial charge is 0.497 e. The van der Waals surface area contributed by atoms with Crippen molar-refractivity contribution in [1.29, 1.82) is 0 Å². The molecular formula is C27H24N2O6. The molecule has 3 aromatic carbocycles. The van der Waals surface area contributed by atoms with Gasteiger partial charge in [-0.25, -0.2) is 4.79 Å². The Balaban J connectivity index is 1.70. The number of hydrogen-bond donors (Lipinski definition) is 0. The van der Waals surface area contributed by atoms with Gasteiger partial charge in [0.1, 0.15) is 11.5 Å². The molecule has 4 aromatic rings. The fraction of sp³-hybridized carbons (Fsp3) is 0.185. The lowest BCUT2D eigenvalue weighted by Crippen LogP contribution is -2.42. The normalized spacial score (nSPS) is 10.8. The van der Waals surface area contributed by atoms with Crippen LogP contribution in [0.3, 0.4) is 0 Å². The van der Waals surface area contributed by atoms with Crippen LogP contribution in [-0.4, -0.2) is 34.9 Å². The Kier molecular flexibility index (Phi) is 6.91. The van der Waals surface area contributed by atoms with E-state index in [-0.39, 0.29) is 29.9 Å². The first kappa shape index (κ1) is 23.7. The van der Waals surface area contributed by atoms with E-state index in [0.717, 1.165) is 4.57 Å². The van der Waals surface area contributed by atoms with Gasteiger partial charge >= 0.3 is 5.69 Å². The third-order valence-corrected chi connectivity index (χ3v) is 5.76. The third-order valence-electron chi connectivity index (χ3n) is 5.76. The first-order valence-electron chi connectivity index (χ1n) is 11.0. The van der Waals surface area contributed by atoms with Crippen LogP contribution in [0, 0.1) is 0 Å². The highest BCUT2D eigenvalue weighted by atomic mass is 16.5. The van der Waals surface area contributed by atoms with Crippen molar-refractivity contribution in [2.24, 2.45) is 0 Å². The highest BCUT2D eigenvalue weighted by Crippen LogP contribution is 2.18. The van der Waals surface area contributed by atoms with Gasteiger partial charge in [-0.2, -0.15) is 0 Å². The molecule has 0 N–H and O–H groups in total. The zero-order valence-corrected chi connectivity index (χ0v) is 19.4. The number of hydrogen-bond acceptors (Lipinski definition) is 6. The molecule has 0 radical (unpaired) electrons. The molecule has 35 heavy (non-hydrogen) atoms. The Labute approximate surface area is 201 Å². The number of ketones is 2. The van der Waals surface area contributed by atoms with Gasteiger partial charge in [0.25, 0.3) is 5.56 Å². The van der Waals surface area contributed by atoms with Crippen LogP contribution in [0.2, 0.25) is 0 Å². The fourth-order valence-electron chi connectivity index (χ4n) is 3.97. The van der Waals surface area contributed by atoms with Crippen molar-refractivity contribution >= 4 is 22.5 Å². The van der Waals surface area contributed by atoms with E-state index in [1.807, 2.05) is 0 Å². The Hall–Kier alpha value is -4.46. The quantitative estimate of drug-likeness (QED) is 0.348. The molecule has 4 rings (SSSR count). The van der Waals surface area contributed by atoms with Crippen molar-refractivity contribution in [3.63, 3.8) is 0 Å². The second kappa shape index (κ2) is 10.2. The van der Waals surface area contributed by atoms with Crippen molar-refractivity contribution in [1.82, 2.24) is 9.13 Å². The van der Waals surface area contributed by atoms with E-state index in [1.165, 1.54) is 18.8 Å². The zero-order chi connectivity index (χ0) is 24.9. The number of benzene rings is 3. The molecule has 0 spiro atoms. The molecule has 0 aliphatic rings. The molecule has 0 atom stereocenters. The van der Waals surface area contributed by atoms with Crippen LogP contribution < -0.4 is 20.7 Å². The summed E-state index contributed by atoms with van der Waals surface area (Å²) in [5.41, 5.74) is 0.0875. The molecule has 8 nitrogen and oxygen atoms in total. The van der Waals surface area contributed by atoms with Gasteiger partial charge in [0.05, 0.1) is 38.2 Å². The lowest BCUT2D eigenvalue weighted by molar-refractivity contribution is -0.119. The molecule has 0 bridgehead atoms. The Morgan fingerprint density at radius 2 is 1.46 bits per heavy atom. The molecule has 0 aliphatic heterocycles. The van der Waals surface area contributed by atoms with E-state index in [0.29, 0.717) is 28.1 Å². The lowest BCUT2D eigenvalue weighted by atomic mass is 10.1. The molecule has 8 heteroatoms. The molecule has 0 fully saturated rings. The predicted octanol–water partition coefficient (Wildman–Crippen LogP) is 2.88. The van der Waals surface area contributed by atoms with Crippen molar-refractivity contribution < 1.29 is 19.1 Å². The minimum absolute atomic E-state index is 0.00645. The summed E-state index contributed by atoms with van der Waals surface area (Å²) in [6, 6.07) is 20.2. The van der Waals surface area contributed by atoms with E-state index in [4.69, 9.17) is 9.47 Å². The summed E-state index contributed by atoms with van der Waals surface area (Å²) in [6.07, 6.45) is -0.00645. The minimum Gasteiger partial charge on any atom is -0.497 e. The van der Waals surface area contributed by atoms with Crippen LogP contribution in [0.4, 0.5) is 0 Å². The molecule has 0 unspecified atom stereocenters. The highest BCUT2D eigenvalue weighted by molar-refractivity contribution is 5.96. The predicted molar refractivity (Wildman–Crippen MR) is 131 cm³/mol. The summed E-state index contributed by atoms with van der Waals surface area (Å²) in [7, 11) is 3.04. The topological polar surface area (TPSA) is 96.6 Å². The maximum Gasteiger partial charge on any atom is 0.332 e. The van der Waals surface area contributed by atoms with Crippen molar-refractivity contribution in [2.45, 2.75) is 19.5 Å². The van der Waals surface area contributed by atoms with Gasteiger partial charge in [0.15, 0.2) is 11.6 Å². The second-order valence-electron chi connectivity index (χ2n) is 7.96. The maximum absolute atomic E-state index is 13.4. The van der Waals surface area contributed by atoms with Gasteiger partial charge in [-0.3, -0.25) is 23.5 Å². The molecule has 0 amide bonds. The first-order valence-corrected chi connectivity index (χ1v) is 11.0. The monoisotopic (exact) mass is 472 g/mol. The summed E-state index contributed by atoms with van der Waals surface area (Å²) < 4.78 is 12.5. The Bertz CT molecular complexity index is 1520. The van der Waals surface area contributed by atoms with E-state index in [9.17, 15) is 19.2 Å². The number of para-hydroxylation sites is 2. The summed E-state index contributed by atoms with van der Waals surface area (Å²) in [6.45, 7) is -0.704. The second-order valence-corrected chi connectivity index (χ2v) is 7.96. The SMILES string of the molecule is COc1ccc(C(=O)Cn2c(=O)n(CC(=O)Cc3ccccc3OC)c(=O)c3ccccc32)cc1. The fourth-order valence-corrected chi connectivity index (χ4v) is 3.97. The molecule has 1 heterocycles. The number of ether oxygens (including phenoxy) is 2. The molecule has 1 aromatic heterocycles. The number of rotatable bonds is 9. The van der Waals surface area contributed by atoms with Gasteiger partial charge in [0, 0.05) is 17.5 Å². The average molecular weight is 472 g/mol.